The van der Waals surface area contributed by atoms with Gasteiger partial charge < -0.3 is 37.7 Å². The molecule has 2 fully saturated rings. The maximum Gasteiger partial charge on any atom is 0.330 e. The minimum Gasteiger partial charge on any atom is -0.431 e. The largest absolute Gasteiger partial charge is 0.431 e. The van der Waals surface area contributed by atoms with E-state index in [2.05, 4.69) is 422 Å². The fourth-order valence-corrected chi connectivity index (χ4v) is 21.7. The molecule has 132 heavy (non-hydrogen) atoms. The minimum atomic E-state index is -5.16. The molecule has 0 radical (unpaired) electrons. The zero-order valence-corrected chi connectivity index (χ0v) is 84.8. The number of halogens is 4. The molecule has 0 spiro atoms. The number of anilines is 9. The van der Waals surface area contributed by atoms with Crippen LogP contribution in [-0.2, 0) is 40.1 Å². The molecule has 0 saturated carbocycles. The van der Waals surface area contributed by atoms with Crippen LogP contribution in [0.2, 0.25) is 0 Å². The van der Waals surface area contributed by atoms with E-state index < -0.39 is 74.9 Å². The van der Waals surface area contributed by atoms with Crippen molar-refractivity contribution in [2.45, 2.75) is 199 Å². The van der Waals surface area contributed by atoms with E-state index in [-0.39, 0.29) is 0 Å². The van der Waals surface area contributed by atoms with Gasteiger partial charge in [-0.2, -0.15) is 31.3 Å². The third-order valence-corrected chi connectivity index (χ3v) is 31.1. The highest BCUT2D eigenvalue weighted by molar-refractivity contribution is 8.13. The van der Waals surface area contributed by atoms with Crippen LogP contribution < -0.4 is 29.4 Å². The Labute approximate surface area is 788 Å². The molecule has 2 heterocycles. The maximum absolute atomic E-state index is 12.4. The highest BCUT2D eigenvalue weighted by Crippen LogP contribution is 2.40. The fraction of sp³-hybridized carbons (Fsp3) is 0.471. The molecule has 2 unspecified atom stereocenters. The summed E-state index contributed by atoms with van der Waals surface area (Å²) < 4.78 is 152. The van der Waals surface area contributed by atoms with Gasteiger partial charge in [0.25, 0.3) is 0 Å². The number of hydrogen-bond acceptors (Lipinski definition) is 14. The molecule has 2 aliphatic heterocycles. The topological polar surface area (TPSA) is 202 Å². The first-order chi connectivity index (χ1) is 62.8. The number of alkyl halides is 4. The SMILES string of the molecule is CCC(C)N(c1ccc(N(CC)CC)cc1)c1ccc([N+](=C2C=CC(=[N+](CC)CC)C=C2)C(C)CC)cc1.CCCCN(c1ccc(N(CC)CC)cc1)c1ccc([N+](CCCC)=C2C=CC(=[N+](CC)CC)C=C2)cc1.CCN(CC)c1ccc(N(C)c2ccc([N+](C)=C3C=CC(=[N+](CC)CC)C=C3)cc2)cc1.O=S1(=O)CCC(F)(F)S(=O)(=O)[N-]1.O=S1(=O)CCC(F)(F)S(=O)(=O)[N-]1. The van der Waals surface area contributed by atoms with Crippen molar-refractivity contribution in [2.75, 3.05) is 147 Å². The maximum atomic E-state index is 12.4. The Balaban J connectivity index is 0.000000240. The van der Waals surface area contributed by atoms with E-state index in [4.69, 9.17) is 0 Å². The van der Waals surface area contributed by atoms with E-state index in [0.717, 1.165) is 104 Å². The van der Waals surface area contributed by atoms with Crippen molar-refractivity contribution >= 4 is 143 Å². The summed E-state index contributed by atoms with van der Waals surface area (Å²) in [6.07, 6.45) is 31.4. The molecule has 0 amide bonds. The second kappa shape index (κ2) is 51.5. The predicted molar refractivity (Wildman–Crippen MR) is 547 cm³/mol. The van der Waals surface area contributed by atoms with Crippen molar-refractivity contribution in [1.29, 1.82) is 0 Å². The van der Waals surface area contributed by atoms with Gasteiger partial charge >= 0.3 is 10.5 Å². The van der Waals surface area contributed by atoms with E-state index in [9.17, 15) is 51.2 Å². The van der Waals surface area contributed by atoms with E-state index >= 15 is 0 Å². The monoisotopic (exact) mass is 1900 g/mol. The summed E-state index contributed by atoms with van der Waals surface area (Å²) in [4.78, 5) is 14.3. The van der Waals surface area contributed by atoms with Crippen LogP contribution in [0.15, 0.2) is 219 Å². The van der Waals surface area contributed by atoms with Gasteiger partial charge in [0, 0.05) is 257 Å². The van der Waals surface area contributed by atoms with E-state index in [1.165, 1.54) is 128 Å². The number of allylic oxidation sites excluding steroid dienone is 12. The zero-order chi connectivity index (χ0) is 97.3. The second-order valence-corrected chi connectivity index (χ2v) is 39.9. The first-order valence-electron chi connectivity index (χ1n) is 47.1. The van der Waals surface area contributed by atoms with Gasteiger partial charge in [-0.05, 0) is 219 Å². The van der Waals surface area contributed by atoms with Crippen LogP contribution in [0, 0.1) is 0 Å². The molecule has 2 saturated heterocycles. The lowest BCUT2D eigenvalue weighted by molar-refractivity contribution is -0.519. The van der Waals surface area contributed by atoms with Crippen LogP contribution in [0.25, 0.3) is 8.25 Å². The summed E-state index contributed by atoms with van der Waals surface area (Å²) in [5.41, 5.74) is 22.4. The van der Waals surface area contributed by atoms with Gasteiger partial charge in [0.1, 0.15) is 72.9 Å². The Morgan fingerprint density at radius 2 is 0.652 bits per heavy atom. The van der Waals surface area contributed by atoms with Gasteiger partial charge in [0.2, 0.25) is 34.2 Å². The summed E-state index contributed by atoms with van der Waals surface area (Å²) in [5, 5.41) is -8.09. The molecule has 22 nitrogen and oxygen atoms in total. The second-order valence-electron chi connectivity index (χ2n) is 32.5. The number of nitrogens with zero attached hydrogens (tertiary/aromatic N) is 14. The summed E-state index contributed by atoms with van der Waals surface area (Å²) in [6, 6.07) is 54.9. The summed E-state index contributed by atoms with van der Waals surface area (Å²) >= 11 is 0. The Morgan fingerprint density at radius 3 is 0.977 bits per heavy atom. The molecule has 0 bridgehead atoms. The van der Waals surface area contributed by atoms with Crippen molar-refractivity contribution in [2.24, 2.45) is 0 Å². The Morgan fingerprint density at radius 1 is 0.356 bits per heavy atom. The van der Waals surface area contributed by atoms with Crippen molar-refractivity contribution in [1.82, 2.24) is 0 Å². The van der Waals surface area contributed by atoms with Gasteiger partial charge in [-0.15, -0.1) is 0 Å². The lowest BCUT2D eigenvalue weighted by atomic mass is 10.1. The number of benzene rings is 6. The van der Waals surface area contributed by atoms with Crippen molar-refractivity contribution in [3.05, 3.63) is 227 Å². The lowest BCUT2D eigenvalue weighted by Gasteiger charge is -2.32. The van der Waals surface area contributed by atoms with E-state index in [0.29, 0.717) is 12.1 Å². The van der Waals surface area contributed by atoms with Crippen molar-refractivity contribution in [3.63, 3.8) is 0 Å². The van der Waals surface area contributed by atoms with Gasteiger partial charge in [0.05, 0.1) is 20.0 Å². The molecular formula is C102H146F4N14O8S4+4. The van der Waals surface area contributed by atoms with Gasteiger partial charge in [0.15, 0.2) is 23.2 Å². The highest BCUT2D eigenvalue weighted by atomic mass is 32.3. The van der Waals surface area contributed by atoms with Crippen LogP contribution in [0.3, 0.4) is 0 Å². The molecule has 11 rings (SSSR count). The molecule has 3 aliphatic carbocycles. The molecule has 6 aromatic rings. The first kappa shape index (κ1) is 109. The van der Waals surface area contributed by atoms with Crippen LogP contribution in [0.4, 0.5) is 85.8 Å². The van der Waals surface area contributed by atoms with E-state index in [1.807, 2.05) is 0 Å². The average molecular weight is 1900 g/mol. The summed E-state index contributed by atoms with van der Waals surface area (Å²) in [5.74, 6) is -1.86. The quantitative estimate of drug-likeness (QED) is 0.0210. The molecule has 0 N–H and O–H groups in total. The number of unbranched alkanes of at least 4 members (excludes halogenated alkanes) is 2. The molecular weight excluding hydrogens is 1750 g/mol. The lowest BCUT2D eigenvalue weighted by Crippen LogP contribution is -2.36. The third kappa shape index (κ3) is 29.5. The highest BCUT2D eigenvalue weighted by Gasteiger charge is 2.45. The third-order valence-electron chi connectivity index (χ3n) is 24.3. The summed E-state index contributed by atoms with van der Waals surface area (Å²) in [6.45, 7) is 54.6. The molecule has 0 aromatic heterocycles. The van der Waals surface area contributed by atoms with Crippen LogP contribution >= 0.6 is 0 Å². The predicted octanol–water partition coefficient (Wildman–Crippen LogP) is 21.6. The molecule has 6 aromatic carbocycles. The average Bonchev–Trinajstić information content (AvgIpc) is 0.781. The number of hydrogen-bond donors (Lipinski definition) is 0. The van der Waals surface area contributed by atoms with Crippen molar-refractivity contribution < 1.29 is 78.7 Å². The number of sulfonamides is 4. The Hall–Kier alpha value is -9.98. The minimum absolute atomic E-state index is 0.401. The first-order valence-corrected chi connectivity index (χ1v) is 53.2. The molecule has 2 atom stereocenters. The zero-order valence-electron chi connectivity index (χ0n) is 81.6. The van der Waals surface area contributed by atoms with Crippen LogP contribution in [-0.4, -0.2) is 235 Å². The number of rotatable bonds is 34. The normalized spacial score (nSPS) is 16.6. The van der Waals surface area contributed by atoms with Crippen LogP contribution in [0.5, 0.6) is 0 Å². The Kier molecular flexibility index (Phi) is 42.5. The molecule has 720 valence electrons. The molecule has 5 aliphatic rings. The van der Waals surface area contributed by atoms with Gasteiger partial charge in [-0.1, -0.05) is 40.5 Å². The standard InChI is InChI=1S/2C34H50N4.C28H38N4.2C3H4F2NO4S2/c1-9-27(7)37(31-19-15-29(16-20-31)35(11-3)12-4)33-23-25-34(26-24-33)38(28(8)10-2)32-21-17-30(18-22-32)36(13-5)14-6;1-7-13-27-37(31-19-15-29(16-20-31)35(9-3)10-4)33-23-25-34(26-24-33)38(28-14-8-2)32-21-17-30(18-22-32)36(11-5)12-6;1-7-31(8-2)27-19-15-25(16-20-27)29(5)23-11-13-24(14-12-23)30(6)26-17-21-28(22-18-26)32(9-3)10-4;2*4-3(5)1-2-11(7,8)6-12(3,9)10/h15-28H,9-14H2,1-8H3;15-26H,7-14,27-28H2,1-6H3;11-22H,7-10H2,1-6H3;2*1-2H2/q3*+2;2*-1. The van der Waals surface area contributed by atoms with Gasteiger partial charge in [-0.25, -0.2) is 47.4 Å². The fourth-order valence-electron chi connectivity index (χ4n) is 15.8. The van der Waals surface area contributed by atoms with Crippen molar-refractivity contribution in [3.8, 4) is 0 Å². The Bertz CT molecular complexity index is 5500. The van der Waals surface area contributed by atoms with E-state index in [1.54, 1.807) is 0 Å². The molecule has 30 heteroatoms. The van der Waals surface area contributed by atoms with Gasteiger partial charge in [-0.3, -0.25) is 0 Å². The summed E-state index contributed by atoms with van der Waals surface area (Å²) in [7, 11) is -14.5. The smallest absolute Gasteiger partial charge is 0.330 e. The van der Waals surface area contributed by atoms with Crippen LogP contribution in [0.1, 0.15) is 176 Å².